The van der Waals surface area contributed by atoms with Gasteiger partial charge in [0.1, 0.15) is 0 Å². The highest BCUT2D eigenvalue weighted by Crippen LogP contribution is 2.40. The maximum absolute atomic E-state index is 3.79. The van der Waals surface area contributed by atoms with Gasteiger partial charge in [0.2, 0.25) is 0 Å². The van der Waals surface area contributed by atoms with Crippen LogP contribution in [0.4, 0.5) is 22.7 Å². The number of hydrogen-bond donors (Lipinski definition) is 2. The molecular weight excluding hydrogens is 564 g/mol. The van der Waals surface area contributed by atoms with Crippen LogP contribution in [0, 0.1) is 0 Å². The van der Waals surface area contributed by atoms with Gasteiger partial charge in [0, 0.05) is 37.7 Å². The monoisotopic (exact) mass is 590 g/mol. The van der Waals surface area contributed by atoms with E-state index in [-0.39, 0.29) is 0 Å². The summed E-state index contributed by atoms with van der Waals surface area (Å²) >= 11 is 3.79. The third-order valence-electron chi connectivity index (χ3n) is 7.46. The van der Waals surface area contributed by atoms with Gasteiger partial charge in [-0.3, -0.25) is 0 Å². The lowest BCUT2D eigenvalue weighted by molar-refractivity contribution is 1.51. The van der Waals surface area contributed by atoms with Crippen LogP contribution in [0.5, 0.6) is 0 Å². The Morgan fingerprint density at radius 3 is 1.27 bits per heavy atom. The normalized spacial score (nSPS) is 11.0. The Morgan fingerprint density at radius 1 is 0.390 bits per heavy atom. The second-order valence-corrected chi connectivity index (χ2v) is 11.0. The number of halogens is 1. The molecule has 7 aromatic carbocycles. The molecule has 2 N–H and O–H groups in total. The van der Waals surface area contributed by atoms with E-state index in [1.165, 1.54) is 43.8 Å². The van der Waals surface area contributed by atoms with Crippen molar-refractivity contribution in [3.63, 3.8) is 0 Å². The summed E-state index contributed by atoms with van der Waals surface area (Å²) < 4.78 is 0.994. The number of benzene rings is 7. The third-order valence-corrected chi connectivity index (χ3v) is 7.92. The standard InChI is InChI=1S/C38H27BrN2/c39-30-23-31(40-37-33-17-9-7-15-28(33)19-21-35(37)26-11-3-1-4-12-26)25-32(24-30)41-38-34-18-10-8-16-29(34)20-22-36(38)27-13-5-2-6-14-27/h1-25,40-41H. The highest BCUT2D eigenvalue weighted by atomic mass is 79.9. The molecule has 3 heteroatoms. The van der Waals surface area contributed by atoms with Crippen molar-refractivity contribution in [3.8, 4) is 22.3 Å². The molecule has 0 aliphatic rings. The van der Waals surface area contributed by atoms with Gasteiger partial charge in [-0.05, 0) is 40.1 Å². The summed E-state index contributed by atoms with van der Waals surface area (Å²) in [6.07, 6.45) is 0. The first-order valence-corrected chi connectivity index (χ1v) is 14.5. The Bertz CT molecular complexity index is 1860. The number of hydrogen-bond acceptors (Lipinski definition) is 2. The Kier molecular flexibility index (Phi) is 6.72. The van der Waals surface area contributed by atoms with Gasteiger partial charge in [0.25, 0.3) is 0 Å². The summed E-state index contributed by atoms with van der Waals surface area (Å²) in [5.41, 5.74) is 8.86. The van der Waals surface area contributed by atoms with Crippen LogP contribution < -0.4 is 10.6 Å². The molecular formula is C38H27BrN2. The van der Waals surface area contributed by atoms with Crippen molar-refractivity contribution >= 4 is 60.2 Å². The number of rotatable bonds is 6. The van der Waals surface area contributed by atoms with E-state index < -0.39 is 0 Å². The highest BCUT2D eigenvalue weighted by Gasteiger charge is 2.13. The van der Waals surface area contributed by atoms with Gasteiger partial charge in [0.15, 0.2) is 0 Å². The van der Waals surface area contributed by atoms with E-state index in [4.69, 9.17) is 0 Å². The van der Waals surface area contributed by atoms with Crippen LogP contribution in [-0.4, -0.2) is 0 Å². The molecule has 0 aliphatic heterocycles. The van der Waals surface area contributed by atoms with E-state index in [1.54, 1.807) is 0 Å². The predicted octanol–water partition coefficient (Wildman–Crippen LogP) is 11.6. The molecule has 0 aliphatic carbocycles. The third kappa shape index (κ3) is 5.08. The molecule has 2 nitrogen and oxygen atoms in total. The molecule has 0 spiro atoms. The van der Waals surface area contributed by atoms with Crippen LogP contribution in [-0.2, 0) is 0 Å². The first-order valence-electron chi connectivity index (χ1n) is 13.7. The van der Waals surface area contributed by atoms with E-state index in [0.29, 0.717) is 0 Å². The maximum Gasteiger partial charge on any atom is 0.0543 e. The van der Waals surface area contributed by atoms with Gasteiger partial charge >= 0.3 is 0 Å². The summed E-state index contributed by atoms with van der Waals surface area (Å²) in [5, 5.41) is 12.4. The lowest BCUT2D eigenvalue weighted by Crippen LogP contribution is -1.98. The van der Waals surface area contributed by atoms with Crippen LogP contribution in [0.2, 0.25) is 0 Å². The van der Waals surface area contributed by atoms with Crippen LogP contribution in [0.1, 0.15) is 0 Å². The number of fused-ring (bicyclic) bond motifs is 2. The minimum atomic E-state index is 0.994. The fraction of sp³-hybridized carbons (Fsp3) is 0. The molecule has 0 aromatic heterocycles. The van der Waals surface area contributed by atoms with Gasteiger partial charge in [-0.15, -0.1) is 0 Å². The molecule has 0 saturated heterocycles. The van der Waals surface area contributed by atoms with Crippen LogP contribution in [0.3, 0.4) is 0 Å². The number of anilines is 4. The smallest absolute Gasteiger partial charge is 0.0543 e. The van der Waals surface area contributed by atoms with Crippen molar-refractivity contribution in [2.24, 2.45) is 0 Å². The highest BCUT2D eigenvalue weighted by molar-refractivity contribution is 9.10. The van der Waals surface area contributed by atoms with Gasteiger partial charge in [-0.25, -0.2) is 0 Å². The lowest BCUT2D eigenvalue weighted by Gasteiger charge is -2.19. The van der Waals surface area contributed by atoms with Crippen molar-refractivity contribution < 1.29 is 0 Å². The Labute approximate surface area is 248 Å². The number of nitrogens with one attached hydrogen (secondary N) is 2. The second-order valence-electron chi connectivity index (χ2n) is 10.1. The zero-order chi connectivity index (χ0) is 27.6. The molecule has 7 rings (SSSR count). The van der Waals surface area contributed by atoms with Crippen molar-refractivity contribution in [2.75, 3.05) is 10.6 Å². The SMILES string of the molecule is Brc1cc(Nc2c(-c3ccccc3)ccc3ccccc23)cc(Nc2c(-c3ccccc3)ccc3ccccc23)c1. The quantitative estimate of drug-likeness (QED) is 0.201. The average Bonchev–Trinajstić information content (AvgIpc) is 3.02. The molecule has 0 heterocycles. The molecule has 0 bridgehead atoms. The van der Waals surface area contributed by atoms with E-state index >= 15 is 0 Å². The topological polar surface area (TPSA) is 24.1 Å². The summed E-state index contributed by atoms with van der Waals surface area (Å²) in [5.74, 6) is 0. The predicted molar refractivity (Wildman–Crippen MR) is 179 cm³/mol. The molecule has 196 valence electrons. The summed E-state index contributed by atoms with van der Waals surface area (Å²) in [6.45, 7) is 0. The Morgan fingerprint density at radius 2 is 0.805 bits per heavy atom. The van der Waals surface area contributed by atoms with E-state index in [0.717, 1.165) is 27.2 Å². The van der Waals surface area contributed by atoms with Crippen molar-refractivity contribution in [1.29, 1.82) is 0 Å². The van der Waals surface area contributed by atoms with Gasteiger partial charge < -0.3 is 10.6 Å². The maximum atomic E-state index is 3.79. The van der Waals surface area contributed by atoms with Crippen molar-refractivity contribution in [3.05, 3.63) is 156 Å². The first kappa shape index (κ1) is 25.1. The zero-order valence-corrected chi connectivity index (χ0v) is 23.9. The van der Waals surface area contributed by atoms with Crippen LogP contribution >= 0.6 is 15.9 Å². The molecule has 0 saturated carbocycles. The summed E-state index contributed by atoms with van der Waals surface area (Å²) in [4.78, 5) is 0. The van der Waals surface area contributed by atoms with Crippen LogP contribution in [0.25, 0.3) is 43.8 Å². The van der Waals surface area contributed by atoms with Crippen molar-refractivity contribution in [1.82, 2.24) is 0 Å². The molecule has 0 fully saturated rings. The minimum absolute atomic E-state index is 0.994. The second kappa shape index (κ2) is 11.0. The average molecular weight is 592 g/mol. The first-order chi connectivity index (χ1) is 20.2. The fourth-order valence-corrected chi connectivity index (χ4v) is 6.04. The van der Waals surface area contributed by atoms with Crippen LogP contribution in [0.15, 0.2) is 156 Å². The molecule has 0 unspecified atom stereocenters. The van der Waals surface area contributed by atoms with Gasteiger partial charge in [-0.1, -0.05) is 149 Å². The Hall–Kier alpha value is -4.86. The molecule has 0 radical (unpaired) electrons. The molecule has 0 amide bonds. The summed E-state index contributed by atoms with van der Waals surface area (Å²) in [6, 6.07) is 53.4. The lowest BCUT2D eigenvalue weighted by atomic mass is 9.97. The Balaban J connectivity index is 1.34. The molecule has 7 aromatic rings. The molecule has 41 heavy (non-hydrogen) atoms. The van der Waals surface area contributed by atoms with Gasteiger partial charge in [-0.2, -0.15) is 0 Å². The van der Waals surface area contributed by atoms with E-state index in [2.05, 4.69) is 178 Å². The fourth-order valence-electron chi connectivity index (χ4n) is 5.55. The van der Waals surface area contributed by atoms with Crippen molar-refractivity contribution in [2.45, 2.75) is 0 Å². The summed E-state index contributed by atoms with van der Waals surface area (Å²) in [7, 11) is 0. The molecule has 0 atom stereocenters. The van der Waals surface area contributed by atoms with Gasteiger partial charge in [0.05, 0.1) is 11.4 Å². The largest absolute Gasteiger partial charge is 0.354 e. The van der Waals surface area contributed by atoms with E-state index in [9.17, 15) is 0 Å². The van der Waals surface area contributed by atoms with E-state index in [1.807, 2.05) is 0 Å². The zero-order valence-electron chi connectivity index (χ0n) is 22.3. The minimum Gasteiger partial charge on any atom is -0.354 e.